The lowest BCUT2D eigenvalue weighted by atomic mass is 9.80. The van der Waals surface area contributed by atoms with Crippen molar-refractivity contribution in [2.24, 2.45) is 0 Å². The largest absolute Gasteiger partial charge is 0.481 e. The molecule has 16 bridgehead atoms. The Labute approximate surface area is 848 Å². The monoisotopic (exact) mass is 1910 g/mol. The van der Waals surface area contributed by atoms with Crippen LogP contribution in [-0.2, 0) is 0 Å². The molecule has 0 radical (unpaired) electrons. The zero-order valence-electron chi connectivity index (χ0n) is 81.4. The van der Waals surface area contributed by atoms with Crippen molar-refractivity contribution in [3.63, 3.8) is 0 Å². The first kappa shape index (κ1) is 109. The van der Waals surface area contributed by atoms with Gasteiger partial charge in [0.1, 0.15) is 178 Å². The van der Waals surface area contributed by atoms with Gasteiger partial charge in [0.05, 0.1) is 0 Å². The maximum atomic E-state index is 6.49. The van der Waals surface area contributed by atoms with E-state index in [1.165, 1.54) is 0 Å². The lowest BCUT2D eigenvalue weighted by molar-refractivity contribution is 0.275. The molecule has 2 aliphatic carbocycles. The Morgan fingerprint density at radius 1 is 0.125 bits per heavy atom. The van der Waals surface area contributed by atoms with Gasteiger partial charge in [-0.3, -0.25) is 0 Å². The van der Waals surface area contributed by atoms with Gasteiger partial charge in [-0.1, -0.05) is 174 Å². The molecule has 0 aromatic heterocycles. The van der Waals surface area contributed by atoms with Crippen molar-refractivity contribution >= 4 is 0 Å². The lowest BCUT2D eigenvalue weighted by Gasteiger charge is -2.31. The van der Waals surface area contributed by atoms with Gasteiger partial charge in [-0.05, 0) is 48.5 Å². The Morgan fingerprint density at radius 2 is 0.208 bits per heavy atom. The minimum absolute atomic E-state index is 0.0287. The number of hydrogen-bond acceptors (Lipinski definition) is 20. The molecule has 10 rings (SSSR count). The summed E-state index contributed by atoms with van der Waals surface area (Å²) < 4.78 is 128. The average Bonchev–Trinajstić information content (AvgIpc) is 0.733. The summed E-state index contributed by atoms with van der Waals surface area (Å²) in [7, 11) is 0. The second kappa shape index (κ2) is 54.8. The number of benzene rings is 8. The fourth-order valence-corrected chi connectivity index (χ4v) is 16.7. The highest BCUT2D eigenvalue weighted by Gasteiger charge is 2.41. The summed E-state index contributed by atoms with van der Waals surface area (Å²) in [5.74, 6) is 51.2. The summed E-state index contributed by atoms with van der Waals surface area (Å²) >= 11 is 0. The third-order valence-electron chi connectivity index (χ3n) is 23.1. The molecule has 0 saturated heterocycles. The van der Waals surface area contributed by atoms with E-state index in [2.05, 4.69) is 118 Å². The summed E-state index contributed by atoms with van der Waals surface area (Å²) in [4.78, 5) is 0. The molecule has 0 amide bonds. The predicted octanol–water partition coefficient (Wildman–Crippen LogP) is 17.5. The van der Waals surface area contributed by atoms with Gasteiger partial charge in [-0.2, -0.15) is 0 Å². The number of rotatable bonds is 40. The van der Waals surface area contributed by atoms with Crippen molar-refractivity contribution in [1.82, 2.24) is 0 Å². The maximum absolute atomic E-state index is 6.49. The maximum Gasteiger partial charge on any atom is 0.205 e. The lowest BCUT2D eigenvalue weighted by Crippen LogP contribution is -2.17. The Bertz CT molecular complexity index is 5830. The van der Waals surface area contributed by atoms with Crippen LogP contribution in [0.5, 0.6) is 115 Å². The van der Waals surface area contributed by atoms with Crippen LogP contribution in [0.2, 0.25) is 0 Å². The van der Waals surface area contributed by atoms with E-state index in [0.717, 1.165) is 44.5 Å². The first-order chi connectivity index (χ1) is 70.1. The molecule has 20 nitrogen and oxygen atoms in total. The third-order valence-corrected chi connectivity index (χ3v) is 23.1. The SMILES string of the molecule is C#CCOc1c2cc(c(OCC#C)c1OCC#C)C(C)c1cc(c(OCC#C)c(OCC#C)c1OCC#C)C(C)c1cc(c(OCC#C)c(OCC#C)c1OCC#C)C(C)c1cc(c(OCC#C)c(OCC#C)c1OCC#C)C2C.C#CCOc1cc(OCC#C)c2cc1C(C)c1cc(c(OCC#C)cc1OCC#C)C(C)c1cc(c(OCC#C)cc1OCC#C)C(C)c1cc(c(OCC#C)cc1OCC#C)C2C. The summed E-state index contributed by atoms with van der Waals surface area (Å²) in [6.07, 6.45) is 117. The van der Waals surface area contributed by atoms with Gasteiger partial charge in [0.15, 0.2) is 46.0 Å². The Kier molecular flexibility index (Phi) is 41.3. The number of hydrogen-bond donors (Lipinski definition) is 0. The topological polar surface area (TPSA) is 185 Å². The van der Waals surface area contributed by atoms with E-state index in [4.69, 9.17) is 223 Å². The molecular formula is C124H104O20. The van der Waals surface area contributed by atoms with Gasteiger partial charge in [0.25, 0.3) is 0 Å². The second-order valence-corrected chi connectivity index (χ2v) is 31.5. The minimum Gasteiger partial charge on any atom is -0.481 e. The van der Waals surface area contributed by atoms with Crippen LogP contribution >= 0.6 is 0 Å². The molecular weight excluding hydrogens is 1810 g/mol. The molecule has 144 heavy (non-hydrogen) atoms. The van der Waals surface area contributed by atoms with Crippen LogP contribution in [0.25, 0.3) is 0 Å². The van der Waals surface area contributed by atoms with E-state index in [1.807, 2.05) is 104 Å². The summed E-state index contributed by atoms with van der Waals surface area (Å²) in [6.45, 7) is 12.4. The highest BCUT2D eigenvalue weighted by atomic mass is 16.6. The van der Waals surface area contributed by atoms with Crippen LogP contribution in [0, 0.1) is 247 Å². The van der Waals surface area contributed by atoms with E-state index in [9.17, 15) is 0 Å². The Balaban J connectivity index is 0.000000329. The Morgan fingerprint density at radius 3 is 0.312 bits per heavy atom. The van der Waals surface area contributed by atoms with E-state index in [-0.39, 0.29) is 201 Å². The summed E-state index contributed by atoms with van der Waals surface area (Å²) in [5, 5.41) is 0. The molecule has 0 atom stereocenters. The van der Waals surface area contributed by atoms with Crippen LogP contribution in [-0.4, -0.2) is 132 Å². The zero-order valence-corrected chi connectivity index (χ0v) is 81.4. The summed E-state index contributed by atoms with van der Waals surface area (Å²) in [5.41, 5.74) is 9.66. The molecule has 0 spiro atoms. The molecule has 8 aromatic rings. The van der Waals surface area contributed by atoms with E-state index in [1.54, 1.807) is 24.3 Å². The quantitative estimate of drug-likeness (QED) is 0.0330. The van der Waals surface area contributed by atoms with Gasteiger partial charge in [-0.15, -0.1) is 128 Å². The van der Waals surface area contributed by atoms with Crippen molar-refractivity contribution in [3.05, 3.63) is 162 Å². The molecule has 0 saturated carbocycles. The van der Waals surface area contributed by atoms with Crippen LogP contribution in [0.4, 0.5) is 0 Å². The van der Waals surface area contributed by atoms with Crippen LogP contribution in [0.15, 0.2) is 72.8 Å². The predicted molar refractivity (Wildman–Crippen MR) is 558 cm³/mol. The summed E-state index contributed by atoms with van der Waals surface area (Å²) in [6, 6.07) is 22.7. The average molecular weight is 1910 g/mol. The molecule has 0 heterocycles. The smallest absolute Gasteiger partial charge is 0.205 e. The van der Waals surface area contributed by atoms with Crippen LogP contribution in [0.3, 0.4) is 0 Å². The highest BCUT2D eigenvalue weighted by Crippen LogP contribution is 2.61. The highest BCUT2D eigenvalue weighted by molar-refractivity contribution is 5.74. The fraction of sp³-hybridized carbons (Fsp3) is 0.290. The van der Waals surface area contributed by atoms with Gasteiger partial charge < -0.3 is 94.7 Å². The number of terminal acetylenes is 20. The van der Waals surface area contributed by atoms with Gasteiger partial charge in [0.2, 0.25) is 23.0 Å². The van der Waals surface area contributed by atoms with Crippen molar-refractivity contribution in [3.8, 4) is 362 Å². The van der Waals surface area contributed by atoms with Crippen molar-refractivity contribution < 1.29 is 94.7 Å². The first-order valence-electron chi connectivity index (χ1n) is 44.9. The molecule has 0 fully saturated rings. The molecule has 0 unspecified atom stereocenters. The number of ether oxygens (including phenoxy) is 20. The van der Waals surface area contributed by atoms with E-state index >= 15 is 0 Å². The van der Waals surface area contributed by atoms with Gasteiger partial charge >= 0.3 is 0 Å². The molecule has 720 valence electrons. The Hall–Kier alpha value is -19.0. The van der Waals surface area contributed by atoms with Gasteiger partial charge in [0, 0.05) is 161 Å². The van der Waals surface area contributed by atoms with Crippen LogP contribution < -0.4 is 94.7 Å². The molecule has 0 N–H and O–H groups in total. The molecule has 8 aromatic carbocycles. The zero-order chi connectivity index (χ0) is 104. The van der Waals surface area contributed by atoms with E-state index in [0.29, 0.717) is 90.5 Å². The van der Waals surface area contributed by atoms with Crippen molar-refractivity contribution in [2.45, 2.75) is 103 Å². The van der Waals surface area contributed by atoms with Crippen LogP contribution in [0.1, 0.15) is 192 Å². The molecule has 20 heteroatoms. The van der Waals surface area contributed by atoms with Crippen molar-refractivity contribution in [2.75, 3.05) is 132 Å². The van der Waals surface area contributed by atoms with Gasteiger partial charge in [-0.25, -0.2) is 0 Å². The van der Waals surface area contributed by atoms with E-state index < -0.39 is 47.3 Å². The normalized spacial score (nSPS) is 14.8. The third kappa shape index (κ3) is 25.3. The standard InChI is InChI=1S/C68H56O12.C56H48O8/c1-17-29-69-57-49-41-50(58(70-30-18-2)65(57)77-37-25-9)46(14)53-43-54(62(74-34-22-6)67(79-39-27-11)61(53)73-33-21-5)48(16)56-44-55(63(75-35-23-7)68(80-40-28-12)64(56)76-36-24-8)47(15)52-42-51(45(49)13)59(71-31-19-3)66(78-38-26-10)60(52)72-32-20-4;1-13-21-57-49-33-50(58-22-14-2)42-29-41(49)37(9)43-30-44(52(60-24-16-4)34-51(43)59-23-15-3)39(11)47-32-48(56(64-28-20-8)36-55(47)63-27-19-7)40(12)46-31-45(38(42)10)53(61-25-17-5)35-54(46)62-26-18-6/h1-12,41-48H,29-40H2,13-16H3;1-8,29-40H,21-28H2,9-12H3. The number of fused-ring (bicyclic) bond motifs is 16. The van der Waals surface area contributed by atoms with Crippen molar-refractivity contribution in [1.29, 1.82) is 0 Å². The first-order valence-corrected chi connectivity index (χ1v) is 44.9. The molecule has 2 aliphatic rings. The minimum atomic E-state index is -0.811. The fourth-order valence-electron chi connectivity index (χ4n) is 16.7. The second-order valence-electron chi connectivity index (χ2n) is 31.5. The molecule has 0 aliphatic heterocycles.